The van der Waals surface area contributed by atoms with Crippen molar-refractivity contribution in [3.8, 4) is 73.7 Å². The second-order valence-electron chi connectivity index (χ2n) is 13.1. The Labute approximate surface area is 369 Å². The topological polar surface area (TPSA) is 87.8 Å². The molecule has 0 bridgehead atoms. The molecule has 0 saturated heterocycles. The molecule has 286 valence electrons. The monoisotopic (exact) mass is 1120 g/mol. The number of benzene rings is 6. The first kappa shape index (κ1) is 39.2. The summed E-state index contributed by atoms with van der Waals surface area (Å²) >= 11 is 0. The smallest absolute Gasteiger partial charge is 0.503 e. The van der Waals surface area contributed by atoms with E-state index in [4.69, 9.17) is 9.47 Å². The van der Waals surface area contributed by atoms with Crippen molar-refractivity contribution in [2.24, 2.45) is 0 Å². The second-order valence-corrected chi connectivity index (χ2v) is 13.1. The van der Waals surface area contributed by atoms with Crippen LogP contribution >= 0.6 is 0 Å². The molecule has 0 aliphatic carbocycles. The first-order valence-electron chi connectivity index (χ1n) is 18.2. The van der Waals surface area contributed by atoms with E-state index in [9.17, 15) is 0 Å². The fourth-order valence-electron chi connectivity index (χ4n) is 6.84. The average Bonchev–Trinajstić information content (AvgIpc) is 3.60. The summed E-state index contributed by atoms with van der Waals surface area (Å²) in [4.78, 5) is 22.3. The van der Waals surface area contributed by atoms with Crippen molar-refractivity contribution in [1.29, 1.82) is 0 Å². The summed E-state index contributed by atoms with van der Waals surface area (Å²) in [6, 6.07) is 61.7. The van der Waals surface area contributed by atoms with E-state index in [1.807, 2.05) is 114 Å². The Hall–Kier alpha value is -6.59. The maximum Gasteiger partial charge on any atom is 2.00 e. The molecular formula is C49H28N6O2Pt2. The molecule has 0 saturated carbocycles. The molecule has 6 aromatic carbocycles. The van der Waals surface area contributed by atoms with Crippen LogP contribution in [-0.2, 0) is 42.1 Å². The summed E-state index contributed by atoms with van der Waals surface area (Å²) < 4.78 is 15.0. The Morgan fingerprint density at radius 2 is 0.864 bits per heavy atom. The van der Waals surface area contributed by atoms with Crippen molar-refractivity contribution < 1.29 is 51.6 Å². The van der Waals surface area contributed by atoms with Gasteiger partial charge in [-0.05, 0) is 34.6 Å². The molecule has 0 aliphatic rings. The third-order valence-corrected chi connectivity index (χ3v) is 9.44. The van der Waals surface area contributed by atoms with Gasteiger partial charge in [0, 0.05) is 35.4 Å². The van der Waals surface area contributed by atoms with Crippen molar-refractivity contribution in [2.75, 3.05) is 0 Å². The summed E-state index contributed by atoms with van der Waals surface area (Å²) in [5, 5.41) is 1.82. The van der Waals surface area contributed by atoms with Gasteiger partial charge in [0.05, 0.1) is 0 Å². The second kappa shape index (κ2) is 17.5. The maximum absolute atomic E-state index is 6.55. The van der Waals surface area contributed by atoms with E-state index < -0.39 is 0 Å². The van der Waals surface area contributed by atoms with E-state index in [1.165, 1.54) is 12.7 Å². The molecule has 4 aromatic heterocycles. The molecule has 0 unspecified atom stereocenters. The zero-order chi connectivity index (χ0) is 38.0. The third kappa shape index (κ3) is 8.24. The van der Waals surface area contributed by atoms with Crippen LogP contribution in [0.5, 0.6) is 23.0 Å². The largest absolute Gasteiger partial charge is 2.00 e. The predicted molar refractivity (Wildman–Crippen MR) is 220 cm³/mol. The number of nitrogens with zero attached hydrogens (tertiary/aromatic N) is 6. The van der Waals surface area contributed by atoms with E-state index in [2.05, 4.69) is 85.6 Å². The van der Waals surface area contributed by atoms with Crippen LogP contribution in [0.1, 0.15) is 0 Å². The summed E-state index contributed by atoms with van der Waals surface area (Å²) in [6.07, 6.45) is 6.47. The minimum atomic E-state index is 0. The number of ether oxygens (including phenoxy) is 2. The van der Waals surface area contributed by atoms with Crippen molar-refractivity contribution in [1.82, 2.24) is 29.5 Å². The van der Waals surface area contributed by atoms with Gasteiger partial charge in [-0.1, -0.05) is 131 Å². The Bertz CT molecular complexity index is 2710. The number of hydrogen-bond acceptors (Lipinski definition) is 7. The normalized spacial score (nSPS) is 10.8. The van der Waals surface area contributed by atoms with Gasteiger partial charge < -0.3 is 24.0 Å². The molecule has 0 spiro atoms. The van der Waals surface area contributed by atoms with Crippen molar-refractivity contribution in [3.05, 3.63) is 195 Å². The molecule has 4 heterocycles. The van der Waals surface area contributed by atoms with Gasteiger partial charge in [0.25, 0.3) is 0 Å². The van der Waals surface area contributed by atoms with Gasteiger partial charge in [-0.25, -0.2) is 15.0 Å². The van der Waals surface area contributed by atoms with E-state index in [-0.39, 0.29) is 42.1 Å². The van der Waals surface area contributed by atoms with Crippen molar-refractivity contribution in [3.63, 3.8) is 0 Å². The van der Waals surface area contributed by atoms with Crippen LogP contribution in [0.15, 0.2) is 171 Å². The average molecular weight is 1120 g/mol. The molecule has 0 amide bonds. The number of rotatable bonds is 9. The van der Waals surface area contributed by atoms with Crippen molar-refractivity contribution >= 4 is 21.8 Å². The van der Waals surface area contributed by atoms with Crippen LogP contribution < -0.4 is 9.47 Å². The third-order valence-electron chi connectivity index (χ3n) is 9.44. The van der Waals surface area contributed by atoms with Crippen LogP contribution in [0.4, 0.5) is 0 Å². The zero-order valence-electron chi connectivity index (χ0n) is 30.8. The predicted octanol–water partition coefficient (Wildman–Crippen LogP) is 11.2. The molecule has 0 N–H and O–H groups in total. The van der Waals surface area contributed by atoms with Gasteiger partial charge >= 0.3 is 42.1 Å². The first-order chi connectivity index (χ1) is 28.2. The Morgan fingerprint density at radius 3 is 1.31 bits per heavy atom. The molecule has 8 nitrogen and oxygen atoms in total. The standard InChI is InChI=1S/C49H28N6O2.2Pt/c1-3-11-33(12-4-1)35-23-37(45-15-7-9-21-51-45)27-41(25-35)56-39-17-19-43-44-20-18-40(30-48(44)55(47(43)29-39)49-53-31-50-32-54-49)57-42-26-36(34-13-5-2-6-14-34)24-38(28-42)46-16-8-10-22-52-46;;/h1-26,31-32H;;/q-4;2*+2. The summed E-state index contributed by atoms with van der Waals surface area (Å²) in [5.41, 5.74) is 8.66. The molecule has 0 fully saturated rings. The van der Waals surface area contributed by atoms with Gasteiger partial charge in [-0.15, -0.1) is 47.5 Å². The fraction of sp³-hybridized carbons (Fsp3) is 0. The molecule has 0 radical (unpaired) electrons. The van der Waals surface area contributed by atoms with Crippen LogP contribution in [-0.4, -0.2) is 29.5 Å². The summed E-state index contributed by atoms with van der Waals surface area (Å²) in [5.74, 6) is 2.42. The van der Waals surface area contributed by atoms with E-state index in [0.717, 1.165) is 55.5 Å². The van der Waals surface area contributed by atoms with E-state index in [0.29, 0.717) is 40.0 Å². The van der Waals surface area contributed by atoms with Crippen LogP contribution in [0.25, 0.3) is 72.5 Å². The van der Waals surface area contributed by atoms with Gasteiger partial charge in [-0.2, -0.15) is 22.9 Å². The number of hydrogen-bond donors (Lipinski definition) is 0. The van der Waals surface area contributed by atoms with E-state index in [1.54, 1.807) is 12.4 Å². The van der Waals surface area contributed by atoms with Crippen molar-refractivity contribution in [2.45, 2.75) is 0 Å². The number of pyridine rings is 2. The molecule has 10 heteroatoms. The fourth-order valence-corrected chi connectivity index (χ4v) is 6.84. The molecule has 0 aliphatic heterocycles. The van der Waals surface area contributed by atoms with Gasteiger partial charge in [0.2, 0.25) is 5.95 Å². The van der Waals surface area contributed by atoms with Crippen LogP contribution in [0.3, 0.4) is 0 Å². The van der Waals surface area contributed by atoms with Crippen LogP contribution in [0.2, 0.25) is 0 Å². The first-order valence-corrected chi connectivity index (χ1v) is 18.2. The Balaban J connectivity index is 0.00000242. The molecule has 10 aromatic rings. The number of fused-ring (bicyclic) bond motifs is 3. The minimum Gasteiger partial charge on any atom is -0.503 e. The minimum absolute atomic E-state index is 0. The Kier molecular flexibility index (Phi) is 11.6. The molecule has 59 heavy (non-hydrogen) atoms. The van der Waals surface area contributed by atoms with Gasteiger partial charge in [0.15, 0.2) is 0 Å². The quantitative estimate of drug-likeness (QED) is 0.133. The summed E-state index contributed by atoms with van der Waals surface area (Å²) in [6.45, 7) is 0. The SMILES string of the molecule is [Pt+2].[Pt+2].[c-]1c(Oc2[c-]c3c(cc2)c2ccc(Oc4[c-]c(-c5ccccn5)cc(-c5ccccc5)c4)[c-]c2n3-c2ncncn2)cc(-c2ccccc2)cc1-c1ccccn1. The van der Waals surface area contributed by atoms with E-state index >= 15 is 0 Å². The summed E-state index contributed by atoms with van der Waals surface area (Å²) in [7, 11) is 0. The molecular weight excluding hydrogens is 1090 g/mol. The number of aromatic nitrogens is 6. The van der Waals surface area contributed by atoms with Gasteiger partial charge in [-0.3, -0.25) is 0 Å². The zero-order valence-corrected chi connectivity index (χ0v) is 35.3. The maximum atomic E-state index is 6.55. The van der Waals surface area contributed by atoms with Crippen LogP contribution in [0, 0.1) is 24.3 Å². The van der Waals surface area contributed by atoms with Gasteiger partial charge in [0.1, 0.15) is 12.7 Å². The molecule has 0 atom stereocenters. The Morgan fingerprint density at radius 1 is 0.407 bits per heavy atom. The molecule has 10 rings (SSSR count).